The highest BCUT2D eigenvalue weighted by atomic mass is 15.4. The van der Waals surface area contributed by atoms with Crippen molar-refractivity contribution in [2.45, 2.75) is 12.1 Å². The Bertz CT molecular complexity index is 248. The minimum Gasteiger partial charge on any atom is -0.314 e. The van der Waals surface area contributed by atoms with E-state index in [0.29, 0.717) is 5.92 Å². The summed E-state index contributed by atoms with van der Waals surface area (Å²) in [4.78, 5) is 4.05. The number of nitrogens with one attached hydrogen (secondary N) is 2. The summed E-state index contributed by atoms with van der Waals surface area (Å²) in [5, 5.41) is 0. The van der Waals surface area contributed by atoms with Gasteiger partial charge in [0.1, 0.15) is 0 Å². The SMILES string of the molecule is NC1NNCC1c1cccnc1. The van der Waals surface area contributed by atoms with E-state index >= 15 is 0 Å². The summed E-state index contributed by atoms with van der Waals surface area (Å²) in [6.45, 7) is 0.868. The molecule has 0 amide bonds. The van der Waals surface area contributed by atoms with Crippen LogP contribution in [0.25, 0.3) is 0 Å². The van der Waals surface area contributed by atoms with E-state index in [4.69, 9.17) is 5.73 Å². The smallest absolute Gasteiger partial charge is 0.0761 e. The summed E-state index contributed by atoms with van der Waals surface area (Å²) >= 11 is 0. The average Bonchev–Trinajstić information content (AvgIpc) is 2.53. The van der Waals surface area contributed by atoms with Crippen molar-refractivity contribution in [2.24, 2.45) is 5.73 Å². The molecule has 64 valence electrons. The van der Waals surface area contributed by atoms with Crippen LogP contribution < -0.4 is 16.6 Å². The second-order valence-corrected chi connectivity index (χ2v) is 2.94. The van der Waals surface area contributed by atoms with Gasteiger partial charge in [-0.3, -0.25) is 10.4 Å². The van der Waals surface area contributed by atoms with Gasteiger partial charge in [0, 0.05) is 24.9 Å². The summed E-state index contributed by atoms with van der Waals surface area (Å²) in [5.74, 6) is 0.332. The number of aromatic nitrogens is 1. The van der Waals surface area contributed by atoms with Crippen molar-refractivity contribution in [3.63, 3.8) is 0 Å². The van der Waals surface area contributed by atoms with Gasteiger partial charge in [-0.05, 0) is 11.6 Å². The lowest BCUT2D eigenvalue weighted by molar-refractivity contribution is 0.546. The van der Waals surface area contributed by atoms with Crippen molar-refractivity contribution in [1.29, 1.82) is 0 Å². The second kappa shape index (κ2) is 3.18. The molecule has 2 heterocycles. The molecule has 4 nitrogen and oxygen atoms in total. The summed E-state index contributed by atoms with van der Waals surface area (Å²) in [5.41, 5.74) is 13.0. The fourth-order valence-electron chi connectivity index (χ4n) is 1.43. The van der Waals surface area contributed by atoms with E-state index in [9.17, 15) is 0 Å². The fraction of sp³-hybridized carbons (Fsp3) is 0.375. The maximum Gasteiger partial charge on any atom is 0.0761 e. The molecule has 2 rings (SSSR count). The summed E-state index contributed by atoms with van der Waals surface area (Å²) < 4.78 is 0. The van der Waals surface area contributed by atoms with Crippen LogP contribution in [0.15, 0.2) is 24.5 Å². The topological polar surface area (TPSA) is 63.0 Å². The molecule has 0 aliphatic carbocycles. The normalized spacial score (nSPS) is 29.1. The first kappa shape index (κ1) is 7.67. The van der Waals surface area contributed by atoms with Gasteiger partial charge in [0.05, 0.1) is 6.17 Å². The van der Waals surface area contributed by atoms with Crippen molar-refractivity contribution < 1.29 is 0 Å². The number of pyridine rings is 1. The van der Waals surface area contributed by atoms with E-state index in [0.717, 1.165) is 6.54 Å². The molecular weight excluding hydrogens is 152 g/mol. The van der Waals surface area contributed by atoms with Crippen molar-refractivity contribution in [3.8, 4) is 0 Å². The van der Waals surface area contributed by atoms with Gasteiger partial charge >= 0.3 is 0 Å². The van der Waals surface area contributed by atoms with Crippen LogP contribution in [0.2, 0.25) is 0 Å². The van der Waals surface area contributed by atoms with E-state index in [1.165, 1.54) is 5.56 Å². The number of nitrogens with zero attached hydrogens (tertiary/aromatic N) is 1. The number of hydrogen-bond donors (Lipinski definition) is 3. The van der Waals surface area contributed by atoms with E-state index < -0.39 is 0 Å². The highest BCUT2D eigenvalue weighted by Crippen LogP contribution is 2.17. The first-order valence-electron chi connectivity index (χ1n) is 4.02. The van der Waals surface area contributed by atoms with Crippen LogP contribution >= 0.6 is 0 Å². The lowest BCUT2D eigenvalue weighted by Crippen LogP contribution is -2.38. The summed E-state index contributed by atoms with van der Waals surface area (Å²) in [7, 11) is 0. The van der Waals surface area contributed by atoms with Gasteiger partial charge in [0.2, 0.25) is 0 Å². The predicted molar refractivity (Wildman–Crippen MR) is 46.1 cm³/mol. The molecule has 2 unspecified atom stereocenters. The van der Waals surface area contributed by atoms with Gasteiger partial charge in [0.25, 0.3) is 0 Å². The van der Waals surface area contributed by atoms with Gasteiger partial charge in [-0.1, -0.05) is 6.07 Å². The molecule has 2 atom stereocenters. The number of hydrogen-bond acceptors (Lipinski definition) is 4. The molecule has 0 aromatic carbocycles. The minimum atomic E-state index is -0.00537. The third kappa shape index (κ3) is 1.32. The zero-order chi connectivity index (χ0) is 8.39. The van der Waals surface area contributed by atoms with Crippen LogP contribution in [0.1, 0.15) is 11.5 Å². The first-order chi connectivity index (χ1) is 5.88. The van der Waals surface area contributed by atoms with Crippen LogP contribution in [0.4, 0.5) is 0 Å². The molecule has 1 aromatic rings. The Morgan fingerprint density at radius 2 is 2.50 bits per heavy atom. The molecule has 1 fully saturated rings. The Labute approximate surface area is 71.1 Å². The molecule has 1 aromatic heterocycles. The monoisotopic (exact) mass is 164 g/mol. The van der Waals surface area contributed by atoms with E-state index in [1.807, 2.05) is 18.3 Å². The van der Waals surface area contributed by atoms with Gasteiger partial charge in [-0.15, -0.1) is 0 Å². The van der Waals surface area contributed by atoms with E-state index in [1.54, 1.807) is 6.20 Å². The summed E-state index contributed by atoms with van der Waals surface area (Å²) in [6, 6.07) is 3.98. The molecule has 4 N–H and O–H groups in total. The van der Waals surface area contributed by atoms with Gasteiger partial charge in [-0.2, -0.15) is 0 Å². The average molecular weight is 164 g/mol. The number of rotatable bonds is 1. The minimum absolute atomic E-state index is 0.00537. The van der Waals surface area contributed by atoms with Crippen molar-refractivity contribution in [1.82, 2.24) is 15.8 Å². The van der Waals surface area contributed by atoms with Crippen LogP contribution in [0.3, 0.4) is 0 Å². The number of nitrogens with two attached hydrogens (primary N) is 1. The molecule has 0 radical (unpaired) electrons. The molecule has 1 aliphatic rings. The first-order valence-corrected chi connectivity index (χ1v) is 4.02. The molecule has 0 bridgehead atoms. The highest BCUT2D eigenvalue weighted by Gasteiger charge is 2.24. The zero-order valence-electron chi connectivity index (χ0n) is 6.70. The Balaban J connectivity index is 2.19. The maximum absolute atomic E-state index is 5.81. The van der Waals surface area contributed by atoms with Gasteiger partial charge in [-0.25, -0.2) is 5.43 Å². The molecular formula is C8H12N4. The van der Waals surface area contributed by atoms with E-state index in [2.05, 4.69) is 15.8 Å². The Hall–Kier alpha value is -0.970. The molecule has 12 heavy (non-hydrogen) atoms. The standard InChI is InChI=1S/C8H12N4/c9-8-7(5-11-12-8)6-2-1-3-10-4-6/h1-4,7-8,11-12H,5,9H2. The molecule has 0 saturated carbocycles. The van der Waals surface area contributed by atoms with Crippen LogP contribution in [-0.2, 0) is 0 Å². The molecule has 1 saturated heterocycles. The lowest BCUT2D eigenvalue weighted by atomic mass is 10.00. The third-order valence-corrected chi connectivity index (χ3v) is 2.14. The Morgan fingerprint density at radius 1 is 1.58 bits per heavy atom. The largest absolute Gasteiger partial charge is 0.314 e. The molecule has 1 aliphatic heterocycles. The quantitative estimate of drug-likeness (QED) is 0.526. The Kier molecular flexibility index (Phi) is 2.03. The predicted octanol–water partition coefficient (Wildman–Crippen LogP) is -0.442. The highest BCUT2D eigenvalue weighted by molar-refractivity contribution is 5.18. The molecule has 4 heteroatoms. The molecule has 0 spiro atoms. The van der Waals surface area contributed by atoms with Crippen molar-refractivity contribution in [3.05, 3.63) is 30.1 Å². The lowest BCUT2D eigenvalue weighted by Gasteiger charge is -2.12. The maximum atomic E-state index is 5.81. The van der Waals surface area contributed by atoms with Gasteiger partial charge < -0.3 is 5.73 Å². The third-order valence-electron chi connectivity index (χ3n) is 2.14. The fourth-order valence-corrected chi connectivity index (χ4v) is 1.43. The van der Waals surface area contributed by atoms with Crippen LogP contribution in [0, 0.1) is 0 Å². The van der Waals surface area contributed by atoms with E-state index in [-0.39, 0.29) is 6.17 Å². The number of hydrazine groups is 1. The second-order valence-electron chi connectivity index (χ2n) is 2.94. The van der Waals surface area contributed by atoms with Crippen molar-refractivity contribution >= 4 is 0 Å². The summed E-state index contributed by atoms with van der Waals surface area (Å²) in [6.07, 6.45) is 3.62. The van der Waals surface area contributed by atoms with Gasteiger partial charge in [0.15, 0.2) is 0 Å². The Morgan fingerprint density at radius 3 is 3.08 bits per heavy atom. The van der Waals surface area contributed by atoms with Crippen LogP contribution in [-0.4, -0.2) is 17.7 Å². The van der Waals surface area contributed by atoms with Crippen LogP contribution in [0.5, 0.6) is 0 Å². The van der Waals surface area contributed by atoms with Crippen molar-refractivity contribution in [2.75, 3.05) is 6.54 Å². The zero-order valence-corrected chi connectivity index (χ0v) is 6.70.